The number of aliphatic carboxylic acids is 1. The van der Waals surface area contributed by atoms with Gasteiger partial charge < -0.3 is 15.2 Å². The molecule has 1 unspecified atom stereocenters. The molecule has 6 heteroatoms. The molecular weight excluding hydrogens is 368 g/mol. The van der Waals surface area contributed by atoms with Crippen molar-refractivity contribution in [1.29, 1.82) is 0 Å². The first kappa shape index (κ1) is 22.4. The van der Waals surface area contributed by atoms with E-state index in [0.717, 1.165) is 41.6 Å². The smallest absolute Gasteiger partial charge is 0.333 e. The minimum Gasteiger partial charge on any atom is -0.479 e. The zero-order valence-corrected chi connectivity index (χ0v) is 17.4. The summed E-state index contributed by atoms with van der Waals surface area (Å²) in [5, 5.41) is 12.1. The molecule has 0 radical (unpaired) electrons. The summed E-state index contributed by atoms with van der Waals surface area (Å²) in [5.41, 5.74) is 3.69. The Balaban J connectivity index is 2.06. The third kappa shape index (κ3) is 6.61. The minimum atomic E-state index is -0.972. The second kappa shape index (κ2) is 11.2. The molecule has 0 fully saturated rings. The van der Waals surface area contributed by atoms with Crippen LogP contribution >= 0.6 is 0 Å². The fourth-order valence-electron chi connectivity index (χ4n) is 3.02. The number of nitrogens with one attached hydrogen (secondary N) is 1. The highest BCUT2D eigenvalue weighted by atomic mass is 16.5. The molecule has 0 saturated heterocycles. The van der Waals surface area contributed by atoms with E-state index >= 15 is 0 Å². The van der Waals surface area contributed by atoms with Crippen LogP contribution in [0, 0.1) is 0 Å². The average molecular weight is 399 g/mol. The normalized spacial score (nSPS) is 11.7. The first-order chi connectivity index (χ1) is 14.0. The number of carboxylic acid groups (broad SMARTS) is 1. The number of benzene rings is 2. The summed E-state index contributed by atoms with van der Waals surface area (Å²) < 4.78 is 4.99. The van der Waals surface area contributed by atoms with Crippen LogP contribution in [0.2, 0.25) is 0 Å². The van der Waals surface area contributed by atoms with Crippen LogP contribution in [0.1, 0.15) is 31.7 Å². The molecular formula is C23H30N2O4. The van der Waals surface area contributed by atoms with Crippen molar-refractivity contribution in [3.8, 4) is 11.1 Å². The Kier molecular flexibility index (Phi) is 8.68. The van der Waals surface area contributed by atoms with Gasteiger partial charge >= 0.3 is 12.0 Å². The second-order valence-electron chi connectivity index (χ2n) is 7.01. The maximum atomic E-state index is 12.3. The van der Waals surface area contributed by atoms with Crippen molar-refractivity contribution in [2.45, 2.75) is 38.7 Å². The van der Waals surface area contributed by atoms with Gasteiger partial charge in [0.15, 0.2) is 6.10 Å². The molecule has 0 saturated carbocycles. The zero-order valence-electron chi connectivity index (χ0n) is 17.4. The largest absolute Gasteiger partial charge is 0.479 e. The Labute approximate surface area is 172 Å². The van der Waals surface area contributed by atoms with Crippen molar-refractivity contribution in [3.63, 3.8) is 0 Å². The van der Waals surface area contributed by atoms with E-state index < -0.39 is 12.1 Å². The first-order valence-corrected chi connectivity index (χ1v) is 9.92. The number of carboxylic acids is 1. The van der Waals surface area contributed by atoms with Gasteiger partial charge in [0.25, 0.3) is 0 Å². The van der Waals surface area contributed by atoms with E-state index in [9.17, 15) is 9.59 Å². The molecule has 2 aromatic rings. The molecule has 0 bridgehead atoms. The quantitative estimate of drug-likeness (QED) is 0.584. The summed E-state index contributed by atoms with van der Waals surface area (Å²) in [6.45, 7) is 2.81. The predicted octanol–water partition coefficient (Wildman–Crippen LogP) is 4.33. The van der Waals surface area contributed by atoms with E-state index in [0.29, 0.717) is 13.0 Å². The minimum absolute atomic E-state index is 0.118. The predicted molar refractivity (Wildman–Crippen MR) is 115 cm³/mol. The molecule has 2 aromatic carbocycles. The van der Waals surface area contributed by atoms with Crippen molar-refractivity contribution >= 4 is 17.7 Å². The van der Waals surface area contributed by atoms with Gasteiger partial charge in [0.05, 0.1) is 0 Å². The molecule has 0 aliphatic carbocycles. The number of ether oxygens (including phenoxy) is 1. The number of hydrogen-bond donors (Lipinski definition) is 2. The van der Waals surface area contributed by atoms with E-state index in [-0.39, 0.29) is 6.03 Å². The molecule has 0 aromatic heterocycles. The fourth-order valence-corrected chi connectivity index (χ4v) is 3.02. The zero-order chi connectivity index (χ0) is 21.2. The SMILES string of the molecule is CCCCCNC(=O)N(C)c1cccc(-c2ccc(CC(OC)C(=O)O)cc2)c1. The molecule has 156 valence electrons. The third-order valence-corrected chi connectivity index (χ3v) is 4.86. The maximum Gasteiger partial charge on any atom is 0.333 e. The average Bonchev–Trinajstić information content (AvgIpc) is 2.74. The van der Waals surface area contributed by atoms with E-state index in [1.54, 1.807) is 11.9 Å². The molecule has 0 aliphatic rings. The number of anilines is 1. The summed E-state index contributed by atoms with van der Waals surface area (Å²) in [4.78, 5) is 25.1. The number of amides is 2. The summed E-state index contributed by atoms with van der Waals surface area (Å²) >= 11 is 0. The molecule has 0 heterocycles. The first-order valence-electron chi connectivity index (χ1n) is 9.92. The van der Waals surface area contributed by atoms with Crippen LogP contribution in [-0.4, -0.2) is 43.9 Å². The van der Waals surface area contributed by atoms with E-state index in [1.807, 2.05) is 48.5 Å². The molecule has 1 atom stereocenters. The number of unbranched alkanes of at least 4 members (excludes halogenated alkanes) is 2. The number of carbonyl (C=O) groups is 2. The number of carbonyl (C=O) groups excluding carboxylic acids is 1. The number of hydrogen-bond acceptors (Lipinski definition) is 3. The molecule has 0 spiro atoms. The lowest BCUT2D eigenvalue weighted by Gasteiger charge is -2.19. The second-order valence-corrected chi connectivity index (χ2v) is 7.01. The molecule has 2 rings (SSSR count). The van der Waals surface area contributed by atoms with Crippen molar-refractivity contribution in [1.82, 2.24) is 5.32 Å². The van der Waals surface area contributed by atoms with Gasteiger partial charge in [0, 0.05) is 32.8 Å². The van der Waals surface area contributed by atoms with E-state index in [4.69, 9.17) is 9.84 Å². The highest BCUT2D eigenvalue weighted by molar-refractivity contribution is 5.92. The van der Waals surface area contributed by atoms with Gasteiger partial charge in [-0.2, -0.15) is 0 Å². The molecule has 2 amide bonds. The van der Waals surface area contributed by atoms with Gasteiger partial charge in [0.2, 0.25) is 0 Å². The molecule has 29 heavy (non-hydrogen) atoms. The van der Waals surface area contributed by atoms with Crippen LogP contribution in [0.5, 0.6) is 0 Å². The standard InChI is InChI=1S/C23H30N2O4/c1-4-5-6-14-24-23(28)25(2)20-9-7-8-19(16-20)18-12-10-17(11-13-18)15-21(29-3)22(26)27/h7-13,16,21H,4-6,14-15H2,1-3H3,(H,24,28)(H,26,27). The van der Waals surface area contributed by atoms with E-state index in [1.165, 1.54) is 7.11 Å². The fraction of sp³-hybridized carbons (Fsp3) is 0.391. The Morgan fingerprint density at radius 2 is 1.83 bits per heavy atom. The van der Waals surface area contributed by atoms with Gasteiger partial charge in [-0.15, -0.1) is 0 Å². The van der Waals surface area contributed by atoms with Gasteiger partial charge in [-0.25, -0.2) is 9.59 Å². The Hall–Kier alpha value is -2.86. The highest BCUT2D eigenvalue weighted by Gasteiger charge is 2.17. The summed E-state index contributed by atoms with van der Waals surface area (Å²) in [6.07, 6.45) is 2.66. The number of urea groups is 1. The van der Waals surface area contributed by atoms with Gasteiger partial charge in [-0.05, 0) is 35.2 Å². The van der Waals surface area contributed by atoms with Crippen molar-refractivity contribution in [3.05, 3.63) is 54.1 Å². The maximum absolute atomic E-state index is 12.3. The lowest BCUT2D eigenvalue weighted by atomic mass is 10.0. The number of nitrogens with zero attached hydrogens (tertiary/aromatic N) is 1. The third-order valence-electron chi connectivity index (χ3n) is 4.86. The van der Waals surface area contributed by atoms with Crippen LogP contribution in [0.4, 0.5) is 10.5 Å². The van der Waals surface area contributed by atoms with Gasteiger partial charge in [-0.1, -0.05) is 56.2 Å². The van der Waals surface area contributed by atoms with Crippen LogP contribution in [-0.2, 0) is 16.0 Å². The van der Waals surface area contributed by atoms with Crippen LogP contribution < -0.4 is 10.2 Å². The van der Waals surface area contributed by atoms with Gasteiger partial charge in [0.1, 0.15) is 0 Å². The Bertz CT molecular complexity index is 805. The van der Waals surface area contributed by atoms with Crippen LogP contribution in [0.25, 0.3) is 11.1 Å². The Morgan fingerprint density at radius 3 is 2.45 bits per heavy atom. The van der Waals surface area contributed by atoms with E-state index in [2.05, 4.69) is 12.2 Å². The monoisotopic (exact) mass is 398 g/mol. The van der Waals surface area contributed by atoms with Crippen molar-refractivity contribution in [2.24, 2.45) is 0 Å². The van der Waals surface area contributed by atoms with Gasteiger partial charge in [-0.3, -0.25) is 4.90 Å². The molecule has 6 nitrogen and oxygen atoms in total. The highest BCUT2D eigenvalue weighted by Crippen LogP contribution is 2.25. The topological polar surface area (TPSA) is 78.9 Å². The van der Waals surface area contributed by atoms with Crippen LogP contribution in [0.15, 0.2) is 48.5 Å². The lowest BCUT2D eigenvalue weighted by Crippen LogP contribution is -2.37. The van der Waals surface area contributed by atoms with Crippen molar-refractivity contribution in [2.75, 3.05) is 25.6 Å². The van der Waals surface area contributed by atoms with Crippen LogP contribution in [0.3, 0.4) is 0 Å². The molecule has 2 N–H and O–H groups in total. The number of rotatable bonds is 10. The lowest BCUT2D eigenvalue weighted by molar-refractivity contribution is -0.148. The summed E-state index contributed by atoms with van der Waals surface area (Å²) in [6, 6.07) is 15.4. The van der Waals surface area contributed by atoms with Crippen molar-refractivity contribution < 1.29 is 19.4 Å². The summed E-state index contributed by atoms with van der Waals surface area (Å²) in [5.74, 6) is -0.972. The summed E-state index contributed by atoms with van der Waals surface area (Å²) in [7, 11) is 3.16. The number of methoxy groups -OCH3 is 1. The molecule has 0 aliphatic heterocycles. The Morgan fingerprint density at radius 1 is 1.10 bits per heavy atom.